The number of aliphatic hydroxyl groups is 1. The highest BCUT2D eigenvalue weighted by Gasteiger charge is 2.53. The Bertz CT molecular complexity index is 1380. The summed E-state index contributed by atoms with van der Waals surface area (Å²) in [6.45, 7) is 1.84. The normalized spacial score (nSPS) is 24.9. The predicted octanol–water partition coefficient (Wildman–Crippen LogP) is 4.82. The van der Waals surface area contributed by atoms with E-state index in [0.717, 1.165) is 12.1 Å². The zero-order valence-corrected chi connectivity index (χ0v) is 21.8. The molecule has 1 amide bonds. The lowest BCUT2D eigenvalue weighted by Crippen LogP contribution is -2.45. The molecule has 204 valence electrons. The van der Waals surface area contributed by atoms with Crippen molar-refractivity contribution in [3.8, 4) is 0 Å². The van der Waals surface area contributed by atoms with Gasteiger partial charge in [0.15, 0.2) is 27.3 Å². The van der Waals surface area contributed by atoms with Gasteiger partial charge in [0.05, 0.1) is 27.4 Å². The Hall–Kier alpha value is -2.89. The summed E-state index contributed by atoms with van der Waals surface area (Å²) in [7, 11) is -4.07. The first-order valence-electron chi connectivity index (χ1n) is 11.9. The van der Waals surface area contributed by atoms with Gasteiger partial charge in [-0.15, -0.1) is 0 Å². The van der Waals surface area contributed by atoms with E-state index in [1.807, 2.05) is 0 Å². The lowest BCUT2D eigenvalue weighted by Gasteiger charge is -2.39. The molecule has 2 fully saturated rings. The summed E-state index contributed by atoms with van der Waals surface area (Å²) in [4.78, 5) is 24.1. The van der Waals surface area contributed by atoms with Crippen LogP contribution in [-0.4, -0.2) is 42.9 Å². The Kier molecular flexibility index (Phi) is 7.92. The van der Waals surface area contributed by atoms with Crippen LogP contribution in [0.15, 0.2) is 47.4 Å². The van der Waals surface area contributed by atoms with Gasteiger partial charge in [-0.25, -0.2) is 26.4 Å². The second-order valence-corrected chi connectivity index (χ2v) is 12.0. The van der Waals surface area contributed by atoms with Crippen molar-refractivity contribution in [3.63, 3.8) is 0 Å². The third kappa shape index (κ3) is 5.60. The molecule has 2 aromatic carbocycles. The fourth-order valence-corrected chi connectivity index (χ4v) is 8.31. The molecule has 4 atom stereocenters. The number of rotatable bonds is 7. The molecule has 0 heterocycles. The van der Waals surface area contributed by atoms with E-state index in [2.05, 4.69) is 5.32 Å². The third-order valence-corrected chi connectivity index (χ3v) is 9.86. The van der Waals surface area contributed by atoms with Gasteiger partial charge in [-0.05, 0) is 68.7 Å². The first-order chi connectivity index (χ1) is 17.8. The molecule has 0 spiro atoms. The number of anilines is 1. The average molecular weight is 572 g/mol. The Morgan fingerprint density at radius 3 is 2.32 bits per heavy atom. The summed E-state index contributed by atoms with van der Waals surface area (Å²) in [5, 5.41) is 12.3. The van der Waals surface area contributed by atoms with E-state index < -0.39 is 61.9 Å². The standard InChI is InChI=1S/C26H25ClF3NO6S/c1-2-37-22(32)7-8-26(34)12-15-3-4-16(13-26)24(15)38(35,36)21-9-14(5-6-18(21)27)25(33)31-17-10-19(28)23(30)20(29)11-17/h5-11,15-16,24,34H,2-4,12-13H2,1H3,(H,31,33)/b8-7+/t15-,16?,24?,26?/m1/s1. The van der Waals surface area contributed by atoms with Crippen LogP contribution in [0.25, 0.3) is 0 Å². The Balaban J connectivity index is 1.57. The highest BCUT2D eigenvalue weighted by Crippen LogP contribution is 2.51. The Morgan fingerprint density at radius 1 is 1.13 bits per heavy atom. The van der Waals surface area contributed by atoms with Gasteiger partial charge in [-0.3, -0.25) is 4.79 Å². The fraction of sp³-hybridized carbons (Fsp3) is 0.385. The van der Waals surface area contributed by atoms with Crippen molar-refractivity contribution in [1.82, 2.24) is 0 Å². The first-order valence-corrected chi connectivity index (χ1v) is 13.8. The first kappa shape index (κ1) is 28.1. The molecular weight excluding hydrogens is 547 g/mol. The van der Waals surface area contributed by atoms with Crippen molar-refractivity contribution >= 4 is 39.0 Å². The van der Waals surface area contributed by atoms with Crippen LogP contribution in [0.1, 0.15) is 43.0 Å². The number of carbonyl (C=O) groups excluding carboxylic acids is 2. The quantitative estimate of drug-likeness (QED) is 0.280. The highest BCUT2D eigenvalue weighted by atomic mass is 35.5. The fourth-order valence-electron chi connectivity index (χ4n) is 5.47. The van der Waals surface area contributed by atoms with Crippen LogP contribution >= 0.6 is 11.6 Å². The van der Waals surface area contributed by atoms with Gasteiger partial charge < -0.3 is 15.2 Å². The maximum absolute atomic E-state index is 13.8. The highest BCUT2D eigenvalue weighted by molar-refractivity contribution is 7.92. The molecular formula is C26H25ClF3NO6S. The maximum Gasteiger partial charge on any atom is 0.330 e. The van der Waals surface area contributed by atoms with Crippen LogP contribution < -0.4 is 5.32 Å². The van der Waals surface area contributed by atoms with Crippen LogP contribution in [0.2, 0.25) is 5.02 Å². The number of ether oxygens (including phenoxy) is 1. The van der Waals surface area contributed by atoms with Gasteiger partial charge in [0.25, 0.3) is 5.91 Å². The van der Waals surface area contributed by atoms with Gasteiger partial charge in [-0.2, -0.15) is 0 Å². The maximum atomic E-state index is 13.8. The monoisotopic (exact) mass is 571 g/mol. The Labute approximate surface area is 222 Å². The molecule has 2 aliphatic carbocycles. The molecule has 0 radical (unpaired) electrons. The second kappa shape index (κ2) is 10.7. The van der Waals surface area contributed by atoms with Crippen LogP contribution in [0.3, 0.4) is 0 Å². The summed E-state index contributed by atoms with van der Waals surface area (Å²) in [6, 6.07) is 4.77. The molecule has 2 N–H and O–H groups in total. The summed E-state index contributed by atoms with van der Waals surface area (Å²) < 4.78 is 72.6. The molecule has 2 saturated carbocycles. The van der Waals surface area contributed by atoms with Gasteiger partial charge in [0, 0.05) is 29.5 Å². The smallest absolute Gasteiger partial charge is 0.330 e. The summed E-state index contributed by atoms with van der Waals surface area (Å²) in [6.07, 6.45) is 3.83. The molecule has 3 unspecified atom stereocenters. The molecule has 12 heteroatoms. The van der Waals surface area contributed by atoms with E-state index in [9.17, 15) is 36.3 Å². The lowest BCUT2D eigenvalue weighted by atomic mass is 9.77. The molecule has 2 aromatic rings. The number of hydrogen-bond acceptors (Lipinski definition) is 6. The molecule has 2 aliphatic rings. The molecule has 2 bridgehead atoms. The average Bonchev–Trinajstić information content (AvgIpc) is 3.15. The SMILES string of the molecule is CCOC(=O)/C=C/C1(O)CC2CC[C@H](C1)C2S(=O)(=O)c1cc(C(=O)Nc2cc(F)c(F)c(F)c2)ccc1Cl. The van der Waals surface area contributed by atoms with Gasteiger partial charge in [-0.1, -0.05) is 11.6 Å². The van der Waals surface area contributed by atoms with E-state index >= 15 is 0 Å². The largest absolute Gasteiger partial charge is 0.463 e. The Morgan fingerprint density at radius 2 is 1.74 bits per heavy atom. The minimum Gasteiger partial charge on any atom is -0.463 e. The van der Waals surface area contributed by atoms with E-state index in [1.54, 1.807) is 6.92 Å². The van der Waals surface area contributed by atoms with Crippen molar-refractivity contribution in [2.45, 2.75) is 48.4 Å². The van der Waals surface area contributed by atoms with Crippen molar-refractivity contribution in [2.24, 2.45) is 11.8 Å². The van der Waals surface area contributed by atoms with E-state index in [0.29, 0.717) is 25.0 Å². The number of amides is 1. The van der Waals surface area contributed by atoms with Crippen LogP contribution in [-0.2, 0) is 19.4 Å². The molecule has 38 heavy (non-hydrogen) atoms. The van der Waals surface area contributed by atoms with Crippen molar-refractivity contribution < 1.29 is 41.0 Å². The number of nitrogens with one attached hydrogen (secondary N) is 1. The van der Waals surface area contributed by atoms with Crippen LogP contribution in [0.4, 0.5) is 18.9 Å². The van der Waals surface area contributed by atoms with E-state index in [4.69, 9.17) is 16.3 Å². The van der Waals surface area contributed by atoms with E-state index in [-0.39, 0.29) is 40.6 Å². The van der Waals surface area contributed by atoms with Crippen molar-refractivity contribution in [1.29, 1.82) is 0 Å². The summed E-state index contributed by atoms with van der Waals surface area (Å²) in [5.41, 5.74) is -1.86. The van der Waals surface area contributed by atoms with Crippen LogP contribution in [0.5, 0.6) is 0 Å². The zero-order valence-electron chi connectivity index (χ0n) is 20.2. The number of halogens is 4. The van der Waals surface area contributed by atoms with Crippen molar-refractivity contribution in [3.05, 3.63) is 70.5 Å². The molecule has 4 rings (SSSR count). The number of benzene rings is 2. The number of hydrogen-bond donors (Lipinski definition) is 2. The van der Waals surface area contributed by atoms with Gasteiger partial charge in [0.1, 0.15) is 0 Å². The van der Waals surface area contributed by atoms with Gasteiger partial charge in [0.2, 0.25) is 0 Å². The summed E-state index contributed by atoms with van der Waals surface area (Å²) >= 11 is 6.25. The van der Waals surface area contributed by atoms with E-state index in [1.165, 1.54) is 18.2 Å². The van der Waals surface area contributed by atoms with Crippen LogP contribution in [0, 0.1) is 29.3 Å². The minimum atomic E-state index is -4.07. The molecule has 0 aliphatic heterocycles. The minimum absolute atomic E-state index is 0.108. The second-order valence-electron chi connectivity index (χ2n) is 9.56. The predicted molar refractivity (Wildman–Crippen MR) is 133 cm³/mol. The number of fused-ring (bicyclic) bond motifs is 2. The number of sulfone groups is 1. The molecule has 0 saturated heterocycles. The summed E-state index contributed by atoms with van der Waals surface area (Å²) in [5.74, 6) is -7.00. The topological polar surface area (TPSA) is 110 Å². The molecule has 0 aromatic heterocycles. The number of carbonyl (C=O) groups is 2. The lowest BCUT2D eigenvalue weighted by molar-refractivity contribution is -0.137. The van der Waals surface area contributed by atoms with Gasteiger partial charge >= 0.3 is 5.97 Å². The number of esters is 1. The third-order valence-electron chi connectivity index (χ3n) is 6.98. The van der Waals surface area contributed by atoms with Crippen molar-refractivity contribution in [2.75, 3.05) is 11.9 Å². The zero-order chi connectivity index (χ0) is 27.8. The molecule has 7 nitrogen and oxygen atoms in total.